The Hall–Kier alpha value is -0.700. The van der Waals surface area contributed by atoms with Crippen LogP contribution >= 0.6 is 11.9 Å². The van der Waals surface area contributed by atoms with Gasteiger partial charge in [0, 0.05) is 6.42 Å². The van der Waals surface area contributed by atoms with E-state index in [1.807, 2.05) is 23.6 Å². The van der Waals surface area contributed by atoms with Crippen molar-refractivity contribution in [3.8, 4) is 0 Å². The number of allylic oxidation sites excluding steroid dienone is 2. The second-order valence-corrected chi connectivity index (χ2v) is 2.32. The molecule has 1 aliphatic heterocycles. The summed E-state index contributed by atoms with van der Waals surface area (Å²) in [6.07, 6.45) is 6.07. The third-order valence-electron chi connectivity index (χ3n) is 0.870. The Morgan fingerprint density at radius 3 is 3.33 bits per heavy atom. The van der Waals surface area contributed by atoms with E-state index in [1.165, 1.54) is 11.9 Å². The van der Waals surface area contributed by atoms with E-state index in [-0.39, 0.29) is 5.91 Å². The third kappa shape index (κ3) is 2.37. The summed E-state index contributed by atoms with van der Waals surface area (Å²) in [5.74, 6) is 0.0561. The molecule has 0 aliphatic carbocycles. The smallest absolute Gasteiger partial charge is 0.233 e. The average Bonchev–Trinajstić information content (AvgIpc) is 1.79. The van der Waals surface area contributed by atoms with Crippen LogP contribution in [0.5, 0.6) is 0 Å². The summed E-state index contributed by atoms with van der Waals surface area (Å²) in [6.45, 7) is 0. The predicted molar refractivity (Wildman–Crippen MR) is 38.6 cm³/mol. The minimum atomic E-state index is 0.0561. The molecule has 1 rings (SSSR count). The first-order valence-electron chi connectivity index (χ1n) is 2.66. The highest BCUT2D eigenvalue weighted by Gasteiger charge is 1.95. The summed E-state index contributed by atoms with van der Waals surface area (Å²) in [4.78, 5) is 10.6. The maximum atomic E-state index is 10.6. The number of carbonyl (C=O) groups excluding carboxylic acids is 1. The lowest BCUT2D eigenvalue weighted by Crippen LogP contribution is -2.13. The van der Waals surface area contributed by atoms with Crippen molar-refractivity contribution in [1.82, 2.24) is 4.72 Å². The molecule has 0 aromatic rings. The lowest BCUT2D eigenvalue weighted by atomic mass is 10.3. The fourth-order valence-corrected chi connectivity index (χ4v) is 0.932. The molecule has 1 heterocycles. The summed E-state index contributed by atoms with van der Waals surface area (Å²) in [6, 6.07) is 0. The Balaban J connectivity index is 2.50. The Morgan fingerprint density at radius 2 is 2.44 bits per heavy atom. The molecule has 0 radical (unpaired) electrons. The van der Waals surface area contributed by atoms with E-state index in [0.717, 1.165) is 0 Å². The Labute approximate surface area is 58.1 Å². The lowest BCUT2D eigenvalue weighted by Gasteiger charge is -1.97. The van der Waals surface area contributed by atoms with Gasteiger partial charge >= 0.3 is 0 Å². The van der Waals surface area contributed by atoms with Gasteiger partial charge < -0.3 is 0 Å². The number of hydrogen-bond donors (Lipinski definition) is 1. The van der Waals surface area contributed by atoms with Gasteiger partial charge in [-0.15, -0.1) is 0 Å². The van der Waals surface area contributed by atoms with Gasteiger partial charge in [-0.1, -0.05) is 18.2 Å². The molecule has 0 saturated carbocycles. The first-order chi connectivity index (χ1) is 4.39. The van der Waals surface area contributed by atoms with Crippen molar-refractivity contribution >= 4 is 17.9 Å². The summed E-state index contributed by atoms with van der Waals surface area (Å²) in [7, 11) is 0. The number of hydrogen-bond acceptors (Lipinski definition) is 2. The highest BCUT2D eigenvalue weighted by atomic mass is 32.2. The largest absolute Gasteiger partial charge is 0.296 e. The molecule has 2 nitrogen and oxygen atoms in total. The van der Waals surface area contributed by atoms with Crippen molar-refractivity contribution in [3.63, 3.8) is 0 Å². The molecular weight excluding hydrogens is 134 g/mol. The van der Waals surface area contributed by atoms with Crippen LogP contribution in [-0.4, -0.2) is 5.91 Å². The topological polar surface area (TPSA) is 29.1 Å². The minimum absolute atomic E-state index is 0.0561. The third-order valence-corrected chi connectivity index (χ3v) is 1.51. The van der Waals surface area contributed by atoms with Crippen LogP contribution < -0.4 is 4.72 Å². The van der Waals surface area contributed by atoms with Crippen LogP contribution in [0.3, 0.4) is 0 Å². The van der Waals surface area contributed by atoms with Gasteiger partial charge in [-0.3, -0.25) is 9.52 Å². The molecule has 0 aromatic heterocycles. The van der Waals surface area contributed by atoms with E-state index in [2.05, 4.69) is 4.72 Å². The van der Waals surface area contributed by atoms with Crippen LogP contribution in [-0.2, 0) is 4.79 Å². The molecule has 0 bridgehead atoms. The summed E-state index contributed by atoms with van der Waals surface area (Å²) >= 11 is 1.31. The van der Waals surface area contributed by atoms with Gasteiger partial charge in [-0.05, 0) is 17.4 Å². The Morgan fingerprint density at radius 1 is 1.56 bits per heavy atom. The molecule has 3 heteroatoms. The van der Waals surface area contributed by atoms with Gasteiger partial charge in [-0.25, -0.2) is 0 Å². The van der Waals surface area contributed by atoms with Gasteiger partial charge in [-0.2, -0.15) is 0 Å². The fourth-order valence-electron chi connectivity index (χ4n) is 0.480. The maximum Gasteiger partial charge on any atom is 0.233 e. The van der Waals surface area contributed by atoms with Crippen molar-refractivity contribution in [3.05, 3.63) is 23.6 Å². The van der Waals surface area contributed by atoms with E-state index < -0.39 is 0 Å². The van der Waals surface area contributed by atoms with E-state index >= 15 is 0 Å². The van der Waals surface area contributed by atoms with Gasteiger partial charge in [0.25, 0.3) is 0 Å². The first-order valence-corrected chi connectivity index (χ1v) is 3.54. The monoisotopic (exact) mass is 141 g/mol. The van der Waals surface area contributed by atoms with Crippen LogP contribution in [0, 0.1) is 0 Å². The second kappa shape index (κ2) is 3.35. The highest BCUT2D eigenvalue weighted by molar-refractivity contribution is 8.00. The number of carbonyl (C=O) groups is 1. The fraction of sp³-hybridized carbons (Fsp3) is 0.167. The van der Waals surface area contributed by atoms with Crippen molar-refractivity contribution in [2.45, 2.75) is 6.42 Å². The molecule has 0 saturated heterocycles. The van der Waals surface area contributed by atoms with Crippen molar-refractivity contribution in [2.24, 2.45) is 0 Å². The zero-order valence-electron chi connectivity index (χ0n) is 4.83. The maximum absolute atomic E-state index is 10.6. The number of rotatable bonds is 0. The van der Waals surface area contributed by atoms with Crippen LogP contribution in [0.4, 0.5) is 0 Å². The minimum Gasteiger partial charge on any atom is -0.296 e. The quantitative estimate of drug-likeness (QED) is 0.514. The zero-order chi connectivity index (χ0) is 6.53. The van der Waals surface area contributed by atoms with Gasteiger partial charge in [0.05, 0.1) is 0 Å². The van der Waals surface area contributed by atoms with E-state index in [1.54, 1.807) is 0 Å². The molecule has 0 fully saturated rings. The highest BCUT2D eigenvalue weighted by Crippen LogP contribution is 2.00. The van der Waals surface area contributed by atoms with Gasteiger partial charge in [0.2, 0.25) is 5.91 Å². The molecule has 48 valence electrons. The van der Waals surface area contributed by atoms with Gasteiger partial charge in [0.15, 0.2) is 0 Å². The molecule has 0 spiro atoms. The number of amides is 1. The van der Waals surface area contributed by atoms with Crippen LogP contribution in [0.25, 0.3) is 0 Å². The van der Waals surface area contributed by atoms with Crippen molar-refractivity contribution in [2.75, 3.05) is 0 Å². The molecule has 0 atom stereocenters. The van der Waals surface area contributed by atoms with Gasteiger partial charge in [0.1, 0.15) is 0 Å². The molecular formula is C6H7NOS. The first kappa shape index (κ1) is 6.42. The summed E-state index contributed by atoms with van der Waals surface area (Å²) in [5.41, 5.74) is 0. The SMILES string of the molecule is O=C1C/C=C\C=C/SN1. The average molecular weight is 141 g/mol. The molecule has 1 amide bonds. The summed E-state index contributed by atoms with van der Waals surface area (Å²) in [5, 5.41) is 1.83. The molecule has 0 unspecified atom stereocenters. The van der Waals surface area contributed by atoms with Crippen LogP contribution in [0.2, 0.25) is 0 Å². The van der Waals surface area contributed by atoms with Crippen LogP contribution in [0.1, 0.15) is 6.42 Å². The Bertz CT molecular complexity index is 162. The van der Waals surface area contributed by atoms with E-state index in [9.17, 15) is 4.79 Å². The predicted octanol–water partition coefficient (Wildman–Crippen LogP) is 1.22. The normalized spacial score (nSPS) is 25.6. The lowest BCUT2D eigenvalue weighted by molar-refractivity contribution is -0.118. The zero-order valence-corrected chi connectivity index (χ0v) is 5.65. The van der Waals surface area contributed by atoms with Crippen molar-refractivity contribution < 1.29 is 4.79 Å². The second-order valence-electron chi connectivity index (χ2n) is 1.60. The van der Waals surface area contributed by atoms with Crippen molar-refractivity contribution in [1.29, 1.82) is 0 Å². The molecule has 9 heavy (non-hydrogen) atoms. The summed E-state index contributed by atoms with van der Waals surface area (Å²) < 4.78 is 2.62. The molecule has 1 N–H and O–H groups in total. The van der Waals surface area contributed by atoms with Crippen LogP contribution in [0.15, 0.2) is 23.6 Å². The standard InChI is InChI=1S/C6H7NOS/c8-6-4-2-1-3-5-9-7-6/h1-3,5H,4H2,(H,7,8)/b2-1-,5-3-. The Kier molecular flexibility index (Phi) is 2.39. The van der Waals surface area contributed by atoms with E-state index in [0.29, 0.717) is 6.42 Å². The molecule has 0 aromatic carbocycles. The van der Waals surface area contributed by atoms with E-state index in [4.69, 9.17) is 0 Å². The number of nitrogens with one attached hydrogen (secondary N) is 1. The molecule has 1 aliphatic rings.